The molecule has 3 rings (SSSR count). The van der Waals surface area contributed by atoms with E-state index < -0.39 is 6.03 Å². The number of nitrogens with zero attached hydrogens (tertiary/aromatic N) is 1. The number of nitrogens with one attached hydrogen (secondary N) is 1. The molecular weight excluding hydrogens is 380 g/mol. The Labute approximate surface area is 146 Å². The fraction of sp³-hybridized carbons (Fsp3) is 0.0588. The molecule has 0 atom stereocenters. The summed E-state index contributed by atoms with van der Waals surface area (Å²) in [6.07, 6.45) is 1.59. The third kappa shape index (κ3) is 3.46. The zero-order valence-electron chi connectivity index (χ0n) is 11.9. The van der Waals surface area contributed by atoms with Crippen LogP contribution in [0.3, 0.4) is 0 Å². The van der Waals surface area contributed by atoms with E-state index in [-0.39, 0.29) is 18.1 Å². The van der Waals surface area contributed by atoms with Gasteiger partial charge in [-0.05, 0) is 35.4 Å². The van der Waals surface area contributed by atoms with Crippen LogP contribution in [0.5, 0.6) is 0 Å². The molecule has 3 amide bonds. The monoisotopic (exact) mass is 390 g/mol. The molecule has 2 aromatic carbocycles. The van der Waals surface area contributed by atoms with E-state index in [1.54, 1.807) is 24.3 Å². The first-order chi connectivity index (χ1) is 11.0. The van der Waals surface area contributed by atoms with Gasteiger partial charge in [0.1, 0.15) is 5.70 Å². The largest absolute Gasteiger partial charge is 0.329 e. The average Bonchev–Trinajstić information content (AvgIpc) is 2.79. The van der Waals surface area contributed by atoms with Crippen molar-refractivity contribution < 1.29 is 9.59 Å². The molecule has 0 aliphatic carbocycles. The molecule has 0 unspecified atom stereocenters. The minimum atomic E-state index is -0.434. The van der Waals surface area contributed by atoms with Crippen molar-refractivity contribution in [3.05, 3.63) is 74.9 Å². The van der Waals surface area contributed by atoms with Gasteiger partial charge in [0, 0.05) is 9.50 Å². The molecule has 1 N–H and O–H groups in total. The Kier molecular flexibility index (Phi) is 4.50. The number of hydrogen-bond acceptors (Lipinski definition) is 2. The van der Waals surface area contributed by atoms with Crippen molar-refractivity contribution >= 4 is 45.5 Å². The standard InChI is InChI=1S/C17H12BrClN2O2/c18-13-7-5-11(6-8-13)10-21-16(22)15(20-17(21)23)9-12-3-1-2-4-14(12)19/h1-9H,10H2,(H,20,23)/b15-9+. The summed E-state index contributed by atoms with van der Waals surface area (Å²) in [7, 11) is 0. The molecule has 1 heterocycles. The summed E-state index contributed by atoms with van der Waals surface area (Å²) in [5.74, 6) is -0.363. The Bertz CT molecular complexity index is 802. The molecule has 4 nitrogen and oxygen atoms in total. The highest BCUT2D eigenvalue weighted by atomic mass is 79.9. The summed E-state index contributed by atoms with van der Waals surface area (Å²) in [6.45, 7) is 0.220. The van der Waals surface area contributed by atoms with Crippen molar-refractivity contribution in [1.29, 1.82) is 0 Å². The highest BCUT2D eigenvalue weighted by Crippen LogP contribution is 2.21. The molecule has 0 aromatic heterocycles. The Morgan fingerprint density at radius 2 is 1.78 bits per heavy atom. The Balaban J connectivity index is 1.82. The lowest BCUT2D eigenvalue weighted by Gasteiger charge is -2.11. The first-order valence-electron chi connectivity index (χ1n) is 6.88. The van der Waals surface area contributed by atoms with Crippen LogP contribution in [0, 0.1) is 0 Å². The number of benzene rings is 2. The second-order valence-corrected chi connectivity index (χ2v) is 6.35. The Morgan fingerprint density at radius 1 is 1.09 bits per heavy atom. The summed E-state index contributed by atoms with van der Waals surface area (Å²) in [4.78, 5) is 25.6. The predicted octanol–water partition coefficient (Wildman–Crippen LogP) is 4.20. The van der Waals surface area contributed by atoms with Crippen LogP contribution in [0.1, 0.15) is 11.1 Å². The summed E-state index contributed by atoms with van der Waals surface area (Å²) in [5.41, 5.74) is 1.78. The van der Waals surface area contributed by atoms with Gasteiger partial charge in [-0.25, -0.2) is 4.79 Å². The number of imide groups is 1. The first-order valence-corrected chi connectivity index (χ1v) is 8.05. The topological polar surface area (TPSA) is 49.4 Å². The fourth-order valence-electron chi connectivity index (χ4n) is 2.24. The summed E-state index contributed by atoms with van der Waals surface area (Å²) in [5, 5.41) is 3.11. The Hall–Kier alpha value is -2.11. The molecule has 116 valence electrons. The third-order valence-corrected chi connectivity index (χ3v) is 4.29. The lowest BCUT2D eigenvalue weighted by atomic mass is 10.2. The van der Waals surface area contributed by atoms with Gasteiger partial charge in [0.15, 0.2) is 0 Å². The van der Waals surface area contributed by atoms with Crippen LogP contribution in [0.15, 0.2) is 58.7 Å². The molecule has 1 aliphatic rings. The molecule has 6 heteroatoms. The normalized spacial score (nSPS) is 16.1. The van der Waals surface area contributed by atoms with Crippen molar-refractivity contribution in [2.75, 3.05) is 0 Å². The number of rotatable bonds is 3. The van der Waals surface area contributed by atoms with Gasteiger partial charge in [0.2, 0.25) is 0 Å². The Morgan fingerprint density at radius 3 is 2.48 bits per heavy atom. The van der Waals surface area contributed by atoms with E-state index in [1.165, 1.54) is 4.90 Å². The number of carbonyl (C=O) groups excluding carboxylic acids is 2. The van der Waals surface area contributed by atoms with Gasteiger partial charge in [-0.1, -0.05) is 57.9 Å². The molecule has 1 fully saturated rings. The molecular formula is C17H12BrClN2O2. The van der Waals surface area contributed by atoms with Crippen molar-refractivity contribution in [3.8, 4) is 0 Å². The van der Waals surface area contributed by atoms with Crippen molar-refractivity contribution in [2.45, 2.75) is 6.54 Å². The van der Waals surface area contributed by atoms with Gasteiger partial charge in [-0.2, -0.15) is 0 Å². The van der Waals surface area contributed by atoms with E-state index in [1.807, 2.05) is 30.3 Å². The van der Waals surface area contributed by atoms with Crippen LogP contribution in [0.2, 0.25) is 5.02 Å². The molecule has 1 aliphatic heterocycles. The number of urea groups is 1. The van der Waals surface area contributed by atoms with Gasteiger partial charge in [-0.3, -0.25) is 9.69 Å². The van der Waals surface area contributed by atoms with E-state index in [2.05, 4.69) is 21.2 Å². The first kappa shape index (κ1) is 15.8. The van der Waals surface area contributed by atoms with Gasteiger partial charge in [-0.15, -0.1) is 0 Å². The van der Waals surface area contributed by atoms with Crippen molar-refractivity contribution in [1.82, 2.24) is 10.2 Å². The van der Waals surface area contributed by atoms with Crippen LogP contribution < -0.4 is 5.32 Å². The molecule has 1 saturated heterocycles. The number of halogens is 2. The average molecular weight is 392 g/mol. The van der Waals surface area contributed by atoms with Crippen LogP contribution in [-0.2, 0) is 11.3 Å². The van der Waals surface area contributed by atoms with E-state index in [0.717, 1.165) is 10.0 Å². The van der Waals surface area contributed by atoms with Crippen LogP contribution >= 0.6 is 27.5 Å². The SMILES string of the molecule is O=C1N/C(=C/c2ccccc2Cl)C(=O)N1Cc1ccc(Br)cc1. The van der Waals surface area contributed by atoms with Gasteiger partial charge in [0.25, 0.3) is 5.91 Å². The highest BCUT2D eigenvalue weighted by Gasteiger charge is 2.33. The van der Waals surface area contributed by atoms with Crippen molar-refractivity contribution in [3.63, 3.8) is 0 Å². The zero-order valence-corrected chi connectivity index (χ0v) is 14.3. The number of carbonyl (C=O) groups is 2. The van der Waals surface area contributed by atoms with E-state index in [4.69, 9.17) is 11.6 Å². The van der Waals surface area contributed by atoms with Crippen LogP contribution in [-0.4, -0.2) is 16.8 Å². The van der Waals surface area contributed by atoms with Crippen molar-refractivity contribution in [2.24, 2.45) is 0 Å². The lowest BCUT2D eigenvalue weighted by molar-refractivity contribution is -0.123. The third-order valence-electron chi connectivity index (χ3n) is 3.42. The molecule has 0 radical (unpaired) electrons. The predicted molar refractivity (Wildman–Crippen MR) is 92.7 cm³/mol. The summed E-state index contributed by atoms with van der Waals surface area (Å²) < 4.78 is 0.942. The smallest absolute Gasteiger partial charge is 0.303 e. The highest BCUT2D eigenvalue weighted by molar-refractivity contribution is 9.10. The second-order valence-electron chi connectivity index (χ2n) is 5.03. The van der Waals surface area contributed by atoms with Gasteiger partial charge >= 0.3 is 6.03 Å². The number of amides is 3. The molecule has 23 heavy (non-hydrogen) atoms. The molecule has 0 bridgehead atoms. The van der Waals surface area contributed by atoms with Crippen LogP contribution in [0.25, 0.3) is 6.08 Å². The fourth-order valence-corrected chi connectivity index (χ4v) is 2.69. The quantitative estimate of drug-likeness (QED) is 0.630. The summed E-state index contributed by atoms with van der Waals surface area (Å²) in [6, 6.07) is 14.2. The van der Waals surface area contributed by atoms with E-state index >= 15 is 0 Å². The maximum Gasteiger partial charge on any atom is 0.329 e. The molecule has 0 spiro atoms. The van der Waals surface area contributed by atoms with Crippen LogP contribution in [0.4, 0.5) is 4.79 Å². The summed E-state index contributed by atoms with van der Waals surface area (Å²) >= 11 is 9.43. The lowest BCUT2D eigenvalue weighted by Crippen LogP contribution is -2.30. The zero-order chi connectivity index (χ0) is 16.4. The maximum atomic E-state index is 12.4. The number of hydrogen-bond donors (Lipinski definition) is 1. The van der Waals surface area contributed by atoms with Gasteiger partial charge < -0.3 is 5.32 Å². The second kappa shape index (κ2) is 6.56. The molecule has 0 saturated carbocycles. The van der Waals surface area contributed by atoms with Gasteiger partial charge in [0.05, 0.1) is 6.54 Å². The van der Waals surface area contributed by atoms with E-state index in [9.17, 15) is 9.59 Å². The minimum absolute atomic E-state index is 0.220. The maximum absolute atomic E-state index is 12.4. The minimum Gasteiger partial charge on any atom is -0.303 e. The molecule has 2 aromatic rings. The van der Waals surface area contributed by atoms with E-state index in [0.29, 0.717) is 10.6 Å².